The molecule has 0 saturated heterocycles. The molecule has 168 valence electrons. The molecule has 0 radical (unpaired) electrons. The zero-order valence-corrected chi connectivity index (χ0v) is 19.8. The van der Waals surface area contributed by atoms with E-state index in [4.69, 9.17) is 44.1 Å². The monoisotopic (exact) mass is 478 g/mol. The minimum Gasteiger partial charge on any atom is -0.457 e. The van der Waals surface area contributed by atoms with Gasteiger partial charge in [-0.3, -0.25) is 0 Å². The van der Waals surface area contributed by atoms with Crippen LogP contribution < -0.4 is 20.9 Å². The highest BCUT2D eigenvalue weighted by atomic mass is 35.5. The lowest BCUT2D eigenvalue weighted by Gasteiger charge is -2.26. The predicted octanol–water partition coefficient (Wildman–Crippen LogP) is 8.07. The summed E-state index contributed by atoms with van der Waals surface area (Å²) >= 11 is 12.2. The van der Waals surface area contributed by atoms with E-state index >= 15 is 0 Å². The van der Waals surface area contributed by atoms with Gasteiger partial charge in [0.2, 0.25) is 0 Å². The Bertz CT molecular complexity index is 1170. The number of nitrogens with two attached hydrogens (primary N) is 2. The van der Waals surface area contributed by atoms with E-state index in [1.165, 1.54) is 0 Å². The van der Waals surface area contributed by atoms with Crippen molar-refractivity contribution >= 4 is 34.6 Å². The first-order valence-corrected chi connectivity index (χ1v) is 11.1. The summed E-state index contributed by atoms with van der Waals surface area (Å²) in [6.45, 7) is 4.36. The van der Waals surface area contributed by atoms with Crippen LogP contribution in [-0.4, -0.2) is 0 Å². The first kappa shape index (κ1) is 22.8. The van der Waals surface area contributed by atoms with Gasteiger partial charge in [-0.2, -0.15) is 0 Å². The van der Waals surface area contributed by atoms with Gasteiger partial charge >= 0.3 is 0 Å². The van der Waals surface area contributed by atoms with Crippen molar-refractivity contribution in [3.8, 4) is 23.0 Å². The van der Waals surface area contributed by atoms with E-state index in [2.05, 4.69) is 38.1 Å². The maximum Gasteiger partial charge on any atom is 0.129 e. The van der Waals surface area contributed by atoms with Crippen molar-refractivity contribution in [3.63, 3.8) is 0 Å². The van der Waals surface area contributed by atoms with Gasteiger partial charge in [0.25, 0.3) is 0 Å². The van der Waals surface area contributed by atoms with E-state index in [0.29, 0.717) is 32.9 Å². The minimum absolute atomic E-state index is 0.216. The SMILES string of the molecule is CC(C)(c1ccc(Oc2ccc(N)c(Cl)c2)cc1)c1ccc(Oc2ccc(N)c(Cl)c2)cc1. The summed E-state index contributed by atoms with van der Waals surface area (Å²) in [5.74, 6) is 2.72. The first-order chi connectivity index (χ1) is 15.7. The second-order valence-corrected chi connectivity index (χ2v) is 9.06. The Balaban J connectivity index is 1.47. The molecule has 4 aromatic rings. The molecule has 0 fully saturated rings. The van der Waals surface area contributed by atoms with Crippen LogP contribution in [0.15, 0.2) is 84.9 Å². The summed E-state index contributed by atoms with van der Waals surface area (Å²) < 4.78 is 11.8. The van der Waals surface area contributed by atoms with Crippen molar-refractivity contribution in [2.75, 3.05) is 11.5 Å². The molecule has 0 amide bonds. The van der Waals surface area contributed by atoms with E-state index < -0.39 is 0 Å². The molecule has 0 aliphatic carbocycles. The molecule has 4 aromatic carbocycles. The van der Waals surface area contributed by atoms with Gasteiger partial charge in [0.1, 0.15) is 23.0 Å². The van der Waals surface area contributed by atoms with Crippen LogP contribution in [0, 0.1) is 0 Å². The molecule has 4 rings (SSSR count). The second kappa shape index (κ2) is 9.26. The van der Waals surface area contributed by atoms with Crippen molar-refractivity contribution in [3.05, 3.63) is 106 Å². The highest BCUT2D eigenvalue weighted by molar-refractivity contribution is 6.33. The molecule has 0 unspecified atom stereocenters. The number of ether oxygens (including phenoxy) is 2. The molecule has 0 bridgehead atoms. The molecule has 4 nitrogen and oxygen atoms in total. The van der Waals surface area contributed by atoms with Crippen molar-refractivity contribution < 1.29 is 9.47 Å². The number of hydrogen-bond donors (Lipinski definition) is 2. The zero-order valence-electron chi connectivity index (χ0n) is 18.3. The summed E-state index contributed by atoms with van der Waals surface area (Å²) in [5.41, 5.74) is 14.7. The summed E-state index contributed by atoms with van der Waals surface area (Å²) in [6.07, 6.45) is 0. The Labute approximate surface area is 203 Å². The third-order valence-electron chi connectivity index (χ3n) is 5.57. The average molecular weight is 479 g/mol. The van der Waals surface area contributed by atoms with Crippen LogP contribution in [0.25, 0.3) is 0 Å². The fourth-order valence-electron chi connectivity index (χ4n) is 3.46. The van der Waals surface area contributed by atoms with Crippen molar-refractivity contribution in [1.82, 2.24) is 0 Å². The molecule has 0 saturated carbocycles. The average Bonchev–Trinajstić information content (AvgIpc) is 2.80. The molecule has 0 aromatic heterocycles. The third kappa shape index (κ3) is 5.19. The predicted molar refractivity (Wildman–Crippen MR) is 137 cm³/mol. The smallest absolute Gasteiger partial charge is 0.129 e. The topological polar surface area (TPSA) is 70.5 Å². The van der Waals surface area contributed by atoms with Crippen molar-refractivity contribution in [1.29, 1.82) is 0 Å². The Morgan fingerprint density at radius 2 is 0.879 bits per heavy atom. The molecule has 0 atom stereocenters. The summed E-state index contributed by atoms with van der Waals surface area (Å²) in [7, 11) is 0. The van der Waals surface area contributed by atoms with E-state index in [0.717, 1.165) is 22.6 Å². The van der Waals surface area contributed by atoms with Crippen LogP contribution in [0.2, 0.25) is 10.0 Å². The first-order valence-electron chi connectivity index (χ1n) is 10.4. The van der Waals surface area contributed by atoms with Crippen molar-refractivity contribution in [2.24, 2.45) is 0 Å². The number of nitrogen functional groups attached to an aromatic ring is 2. The number of hydrogen-bond acceptors (Lipinski definition) is 4. The highest BCUT2D eigenvalue weighted by Crippen LogP contribution is 2.35. The van der Waals surface area contributed by atoms with Gasteiger partial charge in [0.15, 0.2) is 0 Å². The minimum atomic E-state index is -0.216. The Hall–Kier alpha value is -3.34. The van der Waals surface area contributed by atoms with Crippen LogP contribution in [0.1, 0.15) is 25.0 Å². The summed E-state index contributed by atoms with van der Waals surface area (Å²) in [5, 5.41) is 0.939. The molecule has 0 spiro atoms. The van der Waals surface area contributed by atoms with Gasteiger partial charge in [0.05, 0.1) is 21.4 Å². The van der Waals surface area contributed by atoms with Gasteiger partial charge in [0, 0.05) is 17.5 Å². The lowest BCUT2D eigenvalue weighted by molar-refractivity contribution is 0.481. The van der Waals surface area contributed by atoms with E-state index in [-0.39, 0.29) is 5.41 Å². The van der Waals surface area contributed by atoms with Crippen LogP contribution >= 0.6 is 23.2 Å². The second-order valence-electron chi connectivity index (χ2n) is 8.24. The molecule has 4 N–H and O–H groups in total. The quantitative estimate of drug-likeness (QED) is 0.274. The van der Waals surface area contributed by atoms with Crippen LogP contribution in [0.3, 0.4) is 0 Å². The molecular formula is C27H24Cl2N2O2. The van der Waals surface area contributed by atoms with Gasteiger partial charge in [-0.1, -0.05) is 61.3 Å². The van der Waals surface area contributed by atoms with Gasteiger partial charge < -0.3 is 20.9 Å². The van der Waals surface area contributed by atoms with Gasteiger partial charge in [-0.05, 0) is 59.7 Å². The number of rotatable bonds is 6. The lowest BCUT2D eigenvalue weighted by atomic mass is 9.78. The maximum absolute atomic E-state index is 6.08. The van der Waals surface area contributed by atoms with Gasteiger partial charge in [-0.25, -0.2) is 0 Å². The number of halogens is 2. The lowest BCUT2D eigenvalue weighted by Crippen LogP contribution is -2.18. The number of anilines is 2. The van der Waals surface area contributed by atoms with E-state index in [9.17, 15) is 0 Å². The van der Waals surface area contributed by atoms with Gasteiger partial charge in [-0.15, -0.1) is 0 Å². The molecule has 0 aliphatic rings. The molecular weight excluding hydrogens is 455 g/mol. The van der Waals surface area contributed by atoms with Crippen LogP contribution in [0.4, 0.5) is 11.4 Å². The van der Waals surface area contributed by atoms with Crippen LogP contribution in [-0.2, 0) is 5.41 Å². The molecule has 0 aliphatic heterocycles. The van der Waals surface area contributed by atoms with E-state index in [1.807, 2.05) is 24.3 Å². The summed E-state index contributed by atoms with van der Waals surface area (Å²) in [6, 6.07) is 26.5. The Morgan fingerprint density at radius 1 is 0.545 bits per heavy atom. The maximum atomic E-state index is 6.08. The fraction of sp³-hybridized carbons (Fsp3) is 0.111. The molecule has 6 heteroatoms. The standard InChI is InChI=1S/C27H24Cl2N2O2/c1-27(2,17-3-7-19(8-4-17)32-21-11-13-25(30)23(28)15-21)18-5-9-20(10-6-18)33-22-12-14-26(31)24(29)16-22/h3-16H,30-31H2,1-2H3. The Morgan fingerprint density at radius 3 is 1.21 bits per heavy atom. The fourth-order valence-corrected chi connectivity index (χ4v) is 3.80. The third-order valence-corrected chi connectivity index (χ3v) is 6.22. The molecule has 33 heavy (non-hydrogen) atoms. The number of benzene rings is 4. The summed E-state index contributed by atoms with van der Waals surface area (Å²) in [4.78, 5) is 0. The van der Waals surface area contributed by atoms with Crippen molar-refractivity contribution in [2.45, 2.75) is 19.3 Å². The Kier molecular flexibility index (Phi) is 6.41. The van der Waals surface area contributed by atoms with E-state index in [1.54, 1.807) is 36.4 Å². The normalized spacial score (nSPS) is 11.3. The van der Waals surface area contributed by atoms with Crippen LogP contribution in [0.5, 0.6) is 23.0 Å². The largest absolute Gasteiger partial charge is 0.457 e. The highest BCUT2D eigenvalue weighted by Gasteiger charge is 2.23. The molecule has 0 heterocycles. The zero-order chi connectivity index (χ0) is 23.6.